The van der Waals surface area contributed by atoms with Crippen molar-refractivity contribution in [3.8, 4) is 0 Å². The lowest BCUT2D eigenvalue weighted by atomic mass is 10.1. The van der Waals surface area contributed by atoms with E-state index in [0.717, 1.165) is 25.3 Å². The van der Waals surface area contributed by atoms with Crippen LogP contribution >= 0.6 is 0 Å². The van der Waals surface area contributed by atoms with E-state index in [9.17, 15) is 4.79 Å². The molecule has 2 atom stereocenters. The first-order valence-electron chi connectivity index (χ1n) is 6.48. The molecule has 1 aliphatic heterocycles. The first-order chi connectivity index (χ1) is 8.70. The van der Waals surface area contributed by atoms with E-state index in [-0.39, 0.29) is 11.9 Å². The van der Waals surface area contributed by atoms with Crippen molar-refractivity contribution in [1.82, 2.24) is 9.55 Å². The Morgan fingerprint density at radius 2 is 2.50 bits per heavy atom. The second-order valence-electron chi connectivity index (χ2n) is 4.68. The molecule has 100 valence electrons. The molecule has 1 saturated heterocycles. The number of rotatable bonds is 6. The maximum absolute atomic E-state index is 11.6. The number of nitrogens with zero attached hydrogens (tertiary/aromatic N) is 2. The van der Waals surface area contributed by atoms with Crippen LogP contribution < -0.4 is 0 Å². The summed E-state index contributed by atoms with van der Waals surface area (Å²) in [7, 11) is 0. The molecular weight excluding hydrogens is 232 g/mol. The lowest BCUT2D eigenvalue weighted by Crippen LogP contribution is -2.31. The van der Waals surface area contributed by atoms with Crippen LogP contribution in [0.5, 0.6) is 0 Å². The van der Waals surface area contributed by atoms with E-state index < -0.39 is 0 Å². The van der Waals surface area contributed by atoms with Gasteiger partial charge < -0.3 is 14.0 Å². The van der Waals surface area contributed by atoms with Gasteiger partial charge in [0.15, 0.2) is 0 Å². The number of hydrogen-bond donors (Lipinski definition) is 0. The third kappa shape index (κ3) is 3.10. The highest BCUT2D eigenvalue weighted by Gasteiger charge is 2.21. The summed E-state index contributed by atoms with van der Waals surface area (Å²) in [5.41, 5.74) is 1.06. The molecule has 0 saturated carbocycles. The molecule has 2 rings (SSSR count). The monoisotopic (exact) mass is 252 g/mol. The van der Waals surface area contributed by atoms with E-state index >= 15 is 0 Å². The van der Waals surface area contributed by atoms with E-state index in [4.69, 9.17) is 9.47 Å². The average molecular weight is 252 g/mol. The maximum Gasteiger partial charge on any atom is 0.309 e. The molecular formula is C13H20N2O3. The molecule has 5 nitrogen and oxygen atoms in total. The molecule has 0 spiro atoms. The standard InChI is InChI=1S/C13H20N2O3/c1-3-17-13(16)10(2)6-11-7-14-9-15(11)8-12-4-5-18-12/h7,9-10,12H,3-6,8H2,1-2H3/t10?,12-/m0/s1. The fraction of sp³-hybridized carbons (Fsp3) is 0.692. The Hall–Kier alpha value is -1.36. The molecule has 18 heavy (non-hydrogen) atoms. The molecule has 1 fully saturated rings. The van der Waals surface area contributed by atoms with E-state index in [1.807, 2.05) is 20.0 Å². The van der Waals surface area contributed by atoms with Gasteiger partial charge in [-0.25, -0.2) is 4.98 Å². The van der Waals surface area contributed by atoms with E-state index in [1.54, 1.807) is 6.33 Å². The van der Waals surface area contributed by atoms with Crippen LogP contribution in [0.1, 0.15) is 26.0 Å². The van der Waals surface area contributed by atoms with Crippen molar-refractivity contribution in [2.45, 2.75) is 39.3 Å². The van der Waals surface area contributed by atoms with Crippen LogP contribution in [-0.4, -0.2) is 34.8 Å². The summed E-state index contributed by atoms with van der Waals surface area (Å²) in [6, 6.07) is 0. The summed E-state index contributed by atoms with van der Waals surface area (Å²) >= 11 is 0. The fourth-order valence-corrected chi connectivity index (χ4v) is 2.01. The number of hydrogen-bond acceptors (Lipinski definition) is 4. The van der Waals surface area contributed by atoms with E-state index in [1.165, 1.54) is 0 Å². The van der Waals surface area contributed by atoms with Gasteiger partial charge in [0.2, 0.25) is 0 Å². The number of carbonyl (C=O) groups is 1. The SMILES string of the molecule is CCOC(=O)C(C)Cc1cncn1C[C@@H]1CCO1. The number of ether oxygens (including phenoxy) is 2. The normalized spacial score (nSPS) is 20.2. The van der Waals surface area contributed by atoms with Gasteiger partial charge in [0.1, 0.15) is 0 Å². The molecule has 1 aromatic rings. The number of imidazole rings is 1. The molecule has 0 aliphatic carbocycles. The minimum Gasteiger partial charge on any atom is -0.466 e. The predicted molar refractivity (Wildman–Crippen MR) is 66.1 cm³/mol. The van der Waals surface area contributed by atoms with Gasteiger partial charge in [0.25, 0.3) is 0 Å². The minimum atomic E-state index is -0.148. The van der Waals surface area contributed by atoms with Gasteiger partial charge in [-0.3, -0.25) is 4.79 Å². The quantitative estimate of drug-likeness (QED) is 0.718. The van der Waals surface area contributed by atoms with Crippen LogP contribution in [0.15, 0.2) is 12.5 Å². The van der Waals surface area contributed by atoms with Crippen LogP contribution in [-0.2, 0) is 27.2 Å². The molecule has 0 radical (unpaired) electrons. The first-order valence-corrected chi connectivity index (χ1v) is 6.48. The molecule has 0 amide bonds. The van der Waals surface area contributed by atoms with E-state index in [2.05, 4.69) is 9.55 Å². The Bertz CT molecular complexity index is 399. The summed E-state index contributed by atoms with van der Waals surface area (Å²) in [6.07, 6.45) is 5.68. The van der Waals surface area contributed by atoms with E-state index in [0.29, 0.717) is 19.1 Å². The molecule has 0 bridgehead atoms. The third-order valence-electron chi connectivity index (χ3n) is 3.20. The Morgan fingerprint density at radius 3 is 3.11 bits per heavy atom. The van der Waals surface area contributed by atoms with Gasteiger partial charge in [-0.1, -0.05) is 6.92 Å². The molecule has 5 heteroatoms. The van der Waals surface area contributed by atoms with Crippen molar-refractivity contribution in [3.05, 3.63) is 18.2 Å². The van der Waals surface area contributed by atoms with Gasteiger partial charge in [-0.05, 0) is 13.3 Å². The molecule has 2 heterocycles. The second kappa shape index (κ2) is 6.00. The molecule has 1 unspecified atom stereocenters. The average Bonchev–Trinajstić information content (AvgIpc) is 2.71. The number of aromatic nitrogens is 2. The zero-order valence-electron chi connectivity index (χ0n) is 11.0. The van der Waals surface area contributed by atoms with Gasteiger partial charge in [-0.2, -0.15) is 0 Å². The minimum absolute atomic E-state index is 0.136. The van der Waals surface area contributed by atoms with Crippen LogP contribution in [0.3, 0.4) is 0 Å². The Balaban J connectivity index is 1.91. The smallest absolute Gasteiger partial charge is 0.309 e. The van der Waals surface area contributed by atoms with Gasteiger partial charge in [0.05, 0.1) is 31.5 Å². The molecule has 0 aromatic carbocycles. The summed E-state index contributed by atoms with van der Waals surface area (Å²) < 4.78 is 12.5. The highest BCUT2D eigenvalue weighted by Crippen LogP contribution is 2.16. The maximum atomic E-state index is 11.6. The van der Waals surface area contributed by atoms with Crippen LogP contribution in [0, 0.1) is 5.92 Å². The first kappa shape index (κ1) is 13.1. The number of esters is 1. The molecule has 0 N–H and O–H groups in total. The zero-order valence-corrected chi connectivity index (χ0v) is 11.0. The van der Waals surface area contributed by atoms with Crippen molar-refractivity contribution in [2.75, 3.05) is 13.2 Å². The van der Waals surface area contributed by atoms with Crippen LogP contribution in [0.2, 0.25) is 0 Å². The van der Waals surface area contributed by atoms with Gasteiger partial charge in [0, 0.05) is 24.9 Å². The number of carbonyl (C=O) groups excluding carboxylic acids is 1. The summed E-state index contributed by atoms with van der Waals surface area (Å²) in [5.74, 6) is -0.284. The highest BCUT2D eigenvalue weighted by atomic mass is 16.5. The van der Waals surface area contributed by atoms with Crippen LogP contribution in [0.25, 0.3) is 0 Å². The van der Waals surface area contributed by atoms with Crippen molar-refractivity contribution < 1.29 is 14.3 Å². The summed E-state index contributed by atoms with van der Waals surface area (Å²) in [6.45, 7) is 5.81. The van der Waals surface area contributed by atoms with Crippen molar-refractivity contribution >= 4 is 5.97 Å². The Labute approximate surface area is 107 Å². The topological polar surface area (TPSA) is 53.3 Å². The van der Waals surface area contributed by atoms with Gasteiger partial charge >= 0.3 is 5.97 Å². The second-order valence-corrected chi connectivity index (χ2v) is 4.68. The predicted octanol–water partition coefficient (Wildman–Crippen LogP) is 1.41. The third-order valence-corrected chi connectivity index (χ3v) is 3.20. The summed E-state index contributed by atoms with van der Waals surface area (Å²) in [5, 5.41) is 0. The lowest BCUT2D eigenvalue weighted by Gasteiger charge is -2.27. The Morgan fingerprint density at radius 1 is 1.72 bits per heavy atom. The fourth-order valence-electron chi connectivity index (χ4n) is 2.01. The van der Waals surface area contributed by atoms with Crippen molar-refractivity contribution in [3.63, 3.8) is 0 Å². The molecule has 1 aliphatic rings. The van der Waals surface area contributed by atoms with Crippen LogP contribution in [0.4, 0.5) is 0 Å². The van der Waals surface area contributed by atoms with Gasteiger partial charge in [-0.15, -0.1) is 0 Å². The van der Waals surface area contributed by atoms with Crippen molar-refractivity contribution in [1.29, 1.82) is 0 Å². The lowest BCUT2D eigenvalue weighted by molar-refractivity contribution is -0.147. The zero-order chi connectivity index (χ0) is 13.0. The molecule has 1 aromatic heterocycles. The Kier molecular flexibility index (Phi) is 4.36. The largest absolute Gasteiger partial charge is 0.466 e. The highest BCUT2D eigenvalue weighted by molar-refractivity contribution is 5.72. The van der Waals surface area contributed by atoms with Crippen molar-refractivity contribution in [2.24, 2.45) is 5.92 Å². The summed E-state index contributed by atoms with van der Waals surface area (Å²) in [4.78, 5) is 15.7.